The second-order valence-electron chi connectivity index (χ2n) is 3.90. The summed E-state index contributed by atoms with van der Waals surface area (Å²) in [6.45, 7) is 0.373. The fourth-order valence-electron chi connectivity index (χ4n) is 1.48. The number of hydrogen-bond acceptors (Lipinski definition) is 5. The molecule has 0 unspecified atom stereocenters. The number of hydrogen-bond donors (Lipinski definition) is 2. The van der Waals surface area contributed by atoms with E-state index in [0.29, 0.717) is 29.8 Å². The van der Waals surface area contributed by atoms with Gasteiger partial charge in [0.05, 0.1) is 6.61 Å². The van der Waals surface area contributed by atoms with Gasteiger partial charge in [-0.25, -0.2) is 0 Å². The van der Waals surface area contributed by atoms with Gasteiger partial charge in [-0.05, 0) is 23.8 Å². The summed E-state index contributed by atoms with van der Waals surface area (Å²) in [7, 11) is 0. The van der Waals surface area contributed by atoms with E-state index < -0.39 is 0 Å². The van der Waals surface area contributed by atoms with Crippen molar-refractivity contribution >= 4 is 17.6 Å². The maximum absolute atomic E-state index is 6.95. The Morgan fingerprint density at radius 2 is 1.90 bits per heavy atom. The van der Waals surface area contributed by atoms with Gasteiger partial charge in [0.25, 0.3) is 6.02 Å². The minimum atomic E-state index is -0.272. The van der Waals surface area contributed by atoms with Gasteiger partial charge >= 0.3 is 0 Å². The molecule has 104 valence electrons. The van der Waals surface area contributed by atoms with Crippen LogP contribution in [0, 0.1) is 5.41 Å². The third-order valence-electron chi connectivity index (χ3n) is 2.40. The molecule has 1 aromatic carbocycles. The van der Waals surface area contributed by atoms with Crippen LogP contribution >= 0.6 is 11.6 Å². The highest BCUT2D eigenvalue weighted by Crippen LogP contribution is 2.20. The first-order valence-corrected chi connectivity index (χ1v) is 6.24. The molecule has 0 saturated heterocycles. The van der Waals surface area contributed by atoms with Crippen molar-refractivity contribution in [2.45, 2.75) is 6.42 Å². The lowest BCUT2D eigenvalue weighted by Crippen LogP contribution is -2.15. The van der Waals surface area contributed by atoms with Crippen LogP contribution in [0.4, 0.5) is 0 Å². The van der Waals surface area contributed by atoms with Crippen molar-refractivity contribution in [3.8, 4) is 11.6 Å². The maximum Gasteiger partial charge on any atom is 0.279 e. The number of nitrogens with two attached hydrogens (primary N) is 1. The van der Waals surface area contributed by atoms with Crippen LogP contribution in [-0.4, -0.2) is 22.8 Å². The summed E-state index contributed by atoms with van der Waals surface area (Å²) in [5.41, 5.74) is 6.15. The van der Waals surface area contributed by atoms with Crippen LogP contribution in [0.1, 0.15) is 5.56 Å². The minimum Gasteiger partial charge on any atom is -0.465 e. The Balaban J connectivity index is 1.91. The van der Waals surface area contributed by atoms with Gasteiger partial charge in [-0.1, -0.05) is 23.7 Å². The molecule has 2 aromatic rings. The third kappa shape index (κ3) is 4.40. The van der Waals surface area contributed by atoms with Crippen molar-refractivity contribution in [2.75, 3.05) is 6.61 Å². The first-order valence-electron chi connectivity index (χ1n) is 5.86. The Morgan fingerprint density at radius 1 is 1.15 bits per heavy atom. The van der Waals surface area contributed by atoms with Crippen LogP contribution < -0.4 is 10.5 Å². The van der Waals surface area contributed by atoms with Crippen molar-refractivity contribution in [3.05, 3.63) is 47.1 Å². The molecule has 0 saturated carbocycles. The predicted molar refractivity (Wildman–Crippen MR) is 75.1 cm³/mol. The molecule has 1 aromatic heterocycles. The summed E-state index contributed by atoms with van der Waals surface area (Å²) >= 11 is 5.64. The standard InChI is InChI=1S/C13H13ClN4O2/c14-11-5-6-12(18-17-11)20-10-3-1-9(2-4-10)7-8-19-13(15)16/h1-6H,7-8H2,(H3,15,16). The van der Waals surface area contributed by atoms with Crippen LogP contribution in [0.3, 0.4) is 0 Å². The number of nitrogens with zero attached hydrogens (tertiary/aromatic N) is 2. The Labute approximate surface area is 121 Å². The summed E-state index contributed by atoms with van der Waals surface area (Å²) in [5, 5.41) is 14.8. The van der Waals surface area contributed by atoms with E-state index in [2.05, 4.69) is 10.2 Å². The highest BCUT2D eigenvalue weighted by atomic mass is 35.5. The van der Waals surface area contributed by atoms with E-state index in [0.717, 1.165) is 5.56 Å². The van der Waals surface area contributed by atoms with Gasteiger partial charge in [-0.2, -0.15) is 0 Å². The number of rotatable bonds is 5. The third-order valence-corrected chi connectivity index (χ3v) is 2.60. The van der Waals surface area contributed by atoms with E-state index in [9.17, 15) is 0 Å². The molecule has 20 heavy (non-hydrogen) atoms. The fourth-order valence-corrected chi connectivity index (χ4v) is 1.58. The van der Waals surface area contributed by atoms with Crippen molar-refractivity contribution in [1.29, 1.82) is 5.41 Å². The maximum atomic E-state index is 6.95. The molecular formula is C13H13ClN4O2. The zero-order valence-electron chi connectivity index (χ0n) is 10.5. The normalized spacial score (nSPS) is 10.1. The fraction of sp³-hybridized carbons (Fsp3) is 0.154. The summed E-state index contributed by atoms with van der Waals surface area (Å²) in [5.74, 6) is 1.03. The van der Waals surface area contributed by atoms with Crippen LogP contribution in [-0.2, 0) is 11.2 Å². The van der Waals surface area contributed by atoms with Gasteiger partial charge in [0.15, 0.2) is 5.15 Å². The van der Waals surface area contributed by atoms with Gasteiger partial charge in [-0.15, -0.1) is 10.2 Å². The molecular weight excluding hydrogens is 280 g/mol. The number of amidine groups is 1. The first kappa shape index (κ1) is 14.1. The van der Waals surface area contributed by atoms with E-state index in [1.165, 1.54) is 0 Å². The minimum absolute atomic E-state index is 0.272. The quantitative estimate of drug-likeness (QED) is 0.652. The number of aromatic nitrogens is 2. The highest BCUT2D eigenvalue weighted by molar-refractivity contribution is 6.29. The van der Waals surface area contributed by atoms with Crippen molar-refractivity contribution in [3.63, 3.8) is 0 Å². The Bertz CT molecular complexity index is 572. The average Bonchev–Trinajstić information content (AvgIpc) is 2.43. The molecule has 0 bridgehead atoms. The molecule has 0 radical (unpaired) electrons. The monoisotopic (exact) mass is 292 g/mol. The summed E-state index contributed by atoms with van der Waals surface area (Å²) < 4.78 is 10.4. The van der Waals surface area contributed by atoms with E-state index in [1.807, 2.05) is 24.3 Å². The second-order valence-corrected chi connectivity index (χ2v) is 4.29. The van der Waals surface area contributed by atoms with Crippen LogP contribution in [0.2, 0.25) is 5.15 Å². The van der Waals surface area contributed by atoms with E-state index in [4.69, 9.17) is 32.2 Å². The first-order chi connectivity index (χ1) is 9.63. The lowest BCUT2D eigenvalue weighted by molar-refractivity contribution is 0.301. The molecule has 6 nitrogen and oxygen atoms in total. The molecule has 7 heteroatoms. The predicted octanol–water partition coefficient (Wildman–Crippen LogP) is 2.37. The van der Waals surface area contributed by atoms with E-state index >= 15 is 0 Å². The number of ether oxygens (including phenoxy) is 2. The molecule has 0 fully saturated rings. The van der Waals surface area contributed by atoms with E-state index in [1.54, 1.807) is 12.1 Å². The van der Waals surface area contributed by atoms with Gasteiger partial charge in [0.2, 0.25) is 5.88 Å². The molecule has 0 spiro atoms. The van der Waals surface area contributed by atoms with Crippen LogP contribution in [0.25, 0.3) is 0 Å². The zero-order valence-corrected chi connectivity index (χ0v) is 11.3. The molecule has 2 rings (SSSR count). The van der Waals surface area contributed by atoms with Gasteiger partial charge in [-0.3, -0.25) is 5.41 Å². The van der Waals surface area contributed by atoms with Crippen LogP contribution in [0.5, 0.6) is 11.6 Å². The van der Waals surface area contributed by atoms with Crippen molar-refractivity contribution < 1.29 is 9.47 Å². The molecule has 0 aliphatic carbocycles. The summed E-state index contributed by atoms with van der Waals surface area (Å²) in [6.07, 6.45) is 0.667. The molecule has 0 atom stereocenters. The lowest BCUT2D eigenvalue weighted by Gasteiger charge is -2.06. The topological polar surface area (TPSA) is 94.1 Å². The Morgan fingerprint density at radius 3 is 2.50 bits per heavy atom. The van der Waals surface area contributed by atoms with Crippen molar-refractivity contribution in [2.24, 2.45) is 5.73 Å². The summed E-state index contributed by atoms with van der Waals surface area (Å²) in [6, 6.07) is 10.4. The van der Waals surface area contributed by atoms with Crippen molar-refractivity contribution in [1.82, 2.24) is 10.2 Å². The van der Waals surface area contributed by atoms with Gasteiger partial charge in [0.1, 0.15) is 5.75 Å². The van der Waals surface area contributed by atoms with Gasteiger partial charge in [0, 0.05) is 12.5 Å². The Kier molecular flexibility index (Phi) is 4.73. The van der Waals surface area contributed by atoms with Crippen LogP contribution in [0.15, 0.2) is 36.4 Å². The SMILES string of the molecule is N=C(N)OCCc1ccc(Oc2ccc(Cl)nn2)cc1. The van der Waals surface area contributed by atoms with E-state index in [-0.39, 0.29) is 6.02 Å². The second kappa shape index (κ2) is 6.72. The molecule has 0 aliphatic rings. The van der Waals surface area contributed by atoms with Gasteiger partial charge < -0.3 is 15.2 Å². The lowest BCUT2D eigenvalue weighted by atomic mass is 10.1. The molecule has 0 amide bonds. The molecule has 3 N–H and O–H groups in total. The molecule has 0 aliphatic heterocycles. The number of halogens is 1. The largest absolute Gasteiger partial charge is 0.465 e. The number of nitrogens with one attached hydrogen (secondary N) is 1. The number of benzene rings is 1. The smallest absolute Gasteiger partial charge is 0.279 e. The highest BCUT2D eigenvalue weighted by Gasteiger charge is 2.01. The Hall–Kier alpha value is -2.34. The average molecular weight is 293 g/mol. The molecule has 1 heterocycles. The zero-order chi connectivity index (χ0) is 14.4. The summed E-state index contributed by atoms with van der Waals surface area (Å²) in [4.78, 5) is 0.